The summed E-state index contributed by atoms with van der Waals surface area (Å²) in [6.45, 7) is 6.60. The molecule has 24 heavy (non-hydrogen) atoms. The molecule has 2 heterocycles. The van der Waals surface area contributed by atoms with Gasteiger partial charge in [0.05, 0.1) is 12.2 Å². The predicted molar refractivity (Wildman–Crippen MR) is 95.5 cm³/mol. The average Bonchev–Trinajstić information content (AvgIpc) is 3.05. The van der Waals surface area contributed by atoms with Crippen molar-refractivity contribution in [2.75, 3.05) is 13.1 Å². The zero-order chi connectivity index (χ0) is 16.2. The summed E-state index contributed by atoms with van der Waals surface area (Å²) < 4.78 is 1.83. The van der Waals surface area contributed by atoms with Gasteiger partial charge in [-0.05, 0) is 50.9 Å². The third kappa shape index (κ3) is 4.33. The molecule has 0 radical (unpaired) electrons. The van der Waals surface area contributed by atoms with Crippen LogP contribution in [0.25, 0.3) is 0 Å². The van der Waals surface area contributed by atoms with Crippen LogP contribution >= 0.6 is 12.4 Å². The molecule has 0 unspecified atom stereocenters. The van der Waals surface area contributed by atoms with Gasteiger partial charge in [0, 0.05) is 6.54 Å². The molecule has 7 heteroatoms. The van der Waals surface area contributed by atoms with Gasteiger partial charge in [-0.15, -0.1) is 17.5 Å². The van der Waals surface area contributed by atoms with E-state index in [0.717, 1.165) is 31.5 Å². The number of aryl methyl sites for hydroxylation is 2. The summed E-state index contributed by atoms with van der Waals surface area (Å²) in [7, 11) is 0. The van der Waals surface area contributed by atoms with Crippen molar-refractivity contribution < 1.29 is 4.79 Å². The zero-order valence-corrected chi connectivity index (χ0v) is 14.9. The van der Waals surface area contributed by atoms with Crippen molar-refractivity contribution in [2.45, 2.75) is 39.3 Å². The number of hydrogen-bond donors (Lipinski definition) is 2. The van der Waals surface area contributed by atoms with Gasteiger partial charge in [-0.2, -0.15) is 0 Å². The summed E-state index contributed by atoms with van der Waals surface area (Å²) in [6.07, 6.45) is 3.80. The van der Waals surface area contributed by atoms with Crippen LogP contribution in [0.5, 0.6) is 0 Å². The second-order valence-electron chi connectivity index (χ2n) is 6.18. The number of hydrogen-bond acceptors (Lipinski definition) is 4. The number of carbonyl (C=O) groups is 1. The minimum Gasteiger partial charge on any atom is -0.347 e. The summed E-state index contributed by atoms with van der Waals surface area (Å²) >= 11 is 0. The van der Waals surface area contributed by atoms with Crippen molar-refractivity contribution in [1.82, 2.24) is 25.6 Å². The lowest BCUT2D eigenvalue weighted by Gasteiger charge is -2.22. The summed E-state index contributed by atoms with van der Waals surface area (Å²) in [5, 5.41) is 14.4. The van der Waals surface area contributed by atoms with E-state index in [0.29, 0.717) is 18.3 Å². The molecule has 6 nitrogen and oxygen atoms in total. The molecule has 2 aromatic rings. The first-order valence-corrected chi connectivity index (χ1v) is 8.10. The Labute approximate surface area is 148 Å². The lowest BCUT2D eigenvalue weighted by molar-refractivity contribution is 0.0945. The Balaban J connectivity index is 0.00000208. The minimum atomic E-state index is -0.176. The van der Waals surface area contributed by atoms with Crippen LogP contribution in [0.1, 0.15) is 46.1 Å². The molecule has 1 aliphatic heterocycles. The van der Waals surface area contributed by atoms with Crippen LogP contribution in [0.3, 0.4) is 0 Å². The number of aromatic nitrogens is 3. The first-order valence-electron chi connectivity index (χ1n) is 8.10. The Morgan fingerprint density at radius 1 is 1.33 bits per heavy atom. The second-order valence-corrected chi connectivity index (χ2v) is 6.18. The molecule has 1 saturated heterocycles. The van der Waals surface area contributed by atoms with Crippen molar-refractivity contribution in [2.24, 2.45) is 0 Å². The molecular weight excluding hydrogens is 326 g/mol. The van der Waals surface area contributed by atoms with Gasteiger partial charge < -0.3 is 10.6 Å². The van der Waals surface area contributed by atoms with Gasteiger partial charge in [0.2, 0.25) is 0 Å². The van der Waals surface area contributed by atoms with E-state index in [4.69, 9.17) is 0 Å². The maximum Gasteiger partial charge on any atom is 0.273 e. The second kappa shape index (κ2) is 8.26. The first kappa shape index (κ1) is 18.4. The van der Waals surface area contributed by atoms with Gasteiger partial charge in [0.25, 0.3) is 5.91 Å². The van der Waals surface area contributed by atoms with E-state index < -0.39 is 0 Å². The van der Waals surface area contributed by atoms with Gasteiger partial charge >= 0.3 is 0 Å². The van der Waals surface area contributed by atoms with Crippen LogP contribution in [0.2, 0.25) is 0 Å². The van der Waals surface area contributed by atoms with Crippen LogP contribution < -0.4 is 10.6 Å². The molecule has 0 bridgehead atoms. The maximum absolute atomic E-state index is 12.3. The van der Waals surface area contributed by atoms with Crippen LogP contribution in [0.15, 0.2) is 24.4 Å². The van der Waals surface area contributed by atoms with Crippen molar-refractivity contribution in [3.05, 3.63) is 46.8 Å². The maximum atomic E-state index is 12.3. The highest BCUT2D eigenvalue weighted by atomic mass is 35.5. The van der Waals surface area contributed by atoms with Crippen molar-refractivity contribution in [1.29, 1.82) is 0 Å². The fraction of sp³-hybridized carbons (Fsp3) is 0.471. The lowest BCUT2D eigenvalue weighted by Crippen LogP contribution is -2.29. The summed E-state index contributed by atoms with van der Waals surface area (Å²) in [5.41, 5.74) is 3.91. The van der Waals surface area contributed by atoms with E-state index in [1.54, 1.807) is 6.20 Å². The molecule has 0 saturated carbocycles. The van der Waals surface area contributed by atoms with Crippen molar-refractivity contribution in [3.8, 4) is 0 Å². The smallest absolute Gasteiger partial charge is 0.273 e. The van der Waals surface area contributed by atoms with Gasteiger partial charge in [-0.25, -0.2) is 4.68 Å². The Morgan fingerprint density at radius 3 is 2.79 bits per heavy atom. The monoisotopic (exact) mass is 349 g/mol. The number of nitrogens with one attached hydrogen (secondary N) is 2. The Morgan fingerprint density at radius 2 is 2.08 bits per heavy atom. The van der Waals surface area contributed by atoms with E-state index >= 15 is 0 Å². The number of halogens is 1. The average molecular weight is 350 g/mol. The molecule has 130 valence electrons. The van der Waals surface area contributed by atoms with Crippen LogP contribution in [0.4, 0.5) is 0 Å². The molecular formula is C17H24ClN5O. The summed E-state index contributed by atoms with van der Waals surface area (Å²) in [6, 6.07) is 6.57. The van der Waals surface area contributed by atoms with Crippen molar-refractivity contribution >= 4 is 18.3 Å². The van der Waals surface area contributed by atoms with E-state index in [1.165, 1.54) is 11.1 Å². The minimum absolute atomic E-state index is 0. The molecule has 0 atom stereocenters. The van der Waals surface area contributed by atoms with Crippen molar-refractivity contribution in [3.63, 3.8) is 0 Å². The molecule has 1 aromatic carbocycles. The number of piperidine rings is 1. The quantitative estimate of drug-likeness (QED) is 0.887. The molecule has 3 rings (SSSR count). The molecule has 1 fully saturated rings. The van der Waals surface area contributed by atoms with E-state index in [1.807, 2.05) is 4.68 Å². The Kier molecular flexibility index (Phi) is 6.34. The third-order valence-electron chi connectivity index (χ3n) is 4.36. The lowest BCUT2D eigenvalue weighted by atomic mass is 10.1. The fourth-order valence-electron chi connectivity index (χ4n) is 2.94. The number of carbonyl (C=O) groups excluding carboxylic acids is 1. The standard InChI is InChI=1S/C17H23N5O.ClH/c1-12-3-4-14(13(2)9-12)10-19-17(23)16-11-22(21-20-16)15-5-7-18-8-6-15;/h3-4,9,11,15,18H,5-8,10H2,1-2H3,(H,19,23);1H. The first-order chi connectivity index (χ1) is 11.1. The Hall–Kier alpha value is -1.92. The topological polar surface area (TPSA) is 71.8 Å². The SMILES string of the molecule is Cc1ccc(CNC(=O)c2cn(C3CCNCC3)nn2)c(C)c1.Cl. The number of amides is 1. The van der Waals surface area contributed by atoms with Crippen LogP contribution in [0, 0.1) is 13.8 Å². The molecule has 1 amide bonds. The van der Waals surface area contributed by atoms with Gasteiger partial charge in [-0.1, -0.05) is 29.0 Å². The largest absolute Gasteiger partial charge is 0.347 e. The fourth-order valence-corrected chi connectivity index (χ4v) is 2.94. The molecule has 1 aliphatic rings. The molecule has 0 spiro atoms. The molecule has 1 aromatic heterocycles. The highest BCUT2D eigenvalue weighted by molar-refractivity contribution is 5.91. The molecule has 0 aliphatic carbocycles. The molecule has 2 N–H and O–H groups in total. The van der Waals surface area contributed by atoms with Gasteiger partial charge in [0.1, 0.15) is 0 Å². The van der Waals surface area contributed by atoms with Crippen LogP contribution in [-0.2, 0) is 6.54 Å². The van der Waals surface area contributed by atoms with E-state index in [9.17, 15) is 4.79 Å². The Bertz CT molecular complexity index is 694. The third-order valence-corrected chi connectivity index (χ3v) is 4.36. The normalized spacial score (nSPS) is 14.9. The zero-order valence-electron chi connectivity index (χ0n) is 14.1. The van der Waals surface area contributed by atoms with Crippen LogP contribution in [-0.4, -0.2) is 34.0 Å². The summed E-state index contributed by atoms with van der Waals surface area (Å²) in [4.78, 5) is 12.3. The van der Waals surface area contributed by atoms with E-state index in [2.05, 4.69) is 53.0 Å². The van der Waals surface area contributed by atoms with E-state index in [-0.39, 0.29) is 18.3 Å². The highest BCUT2D eigenvalue weighted by Gasteiger charge is 2.18. The van der Waals surface area contributed by atoms with Gasteiger partial charge in [-0.3, -0.25) is 4.79 Å². The highest BCUT2D eigenvalue weighted by Crippen LogP contribution is 2.17. The van der Waals surface area contributed by atoms with Gasteiger partial charge in [0.15, 0.2) is 5.69 Å². The predicted octanol–water partition coefficient (Wildman–Crippen LogP) is 2.17. The number of benzene rings is 1. The number of rotatable bonds is 4. The summed E-state index contributed by atoms with van der Waals surface area (Å²) in [5.74, 6) is -0.176. The number of nitrogens with zero attached hydrogens (tertiary/aromatic N) is 3.